The standard InChI is InChI=1S/C9H10ClN3O/c10-7-6(12-3-4-13-7)5-9(1-2-9)8(11)14/h3-4H,1-2,5H2,(H2,11,14). The molecule has 1 aromatic heterocycles. The zero-order valence-electron chi connectivity index (χ0n) is 7.53. The molecule has 1 aliphatic carbocycles. The molecule has 1 saturated carbocycles. The summed E-state index contributed by atoms with van der Waals surface area (Å²) in [6.45, 7) is 0. The van der Waals surface area contributed by atoms with Crippen LogP contribution in [0.25, 0.3) is 0 Å². The van der Waals surface area contributed by atoms with E-state index in [1.165, 1.54) is 6.20 Å². The van der Waals surface area contributed by atoms with Gasteiger partial charge >= 0.3 is 0 Å². The summed E-state index contributed by atoms with van der Waals surface area (Å²) < 4.78 is 0. The topological polar surface area (TPSA) is 68.9 Å². The Morgan fingerprint density at radius 3 is 2.64 bits per heavy atom. The van der Waals surface area contributed by atoms with Crippen molar-refractivity contribution >= 4 is 17.5 Å². The number of halogens is 1. The predicted molar refractivity (Wildman–Crippen MR) is 51.6 cm³/mol. The average molecular weight is 212 g/mol. The summed E-state index contributed by atoms with van der Waals surface area (Å²) in [7, 11) is 0. The van der Waals surface area contributed by atoms with Gasteiger partial charge in [-0.1, -0.05) is 11.6 Å². The van der Waals surface area contributed by atoms with Crippen LogP contribution in [0, 0.1) is 5.41 Å². The summed E-state index contributed by atoms with van der Waals surface area (Å²) >= 11 is 5.84. The van der Waals surface area contributed by atoms with E-state index in [0.717, 1.165) is 12.8 Å². The van der Waals surface area contributed by atoms with E-state index in [9.17, 15) is 4.79 Å². The molecule has 0 atom stereocenters. The van der Waals surface area contributed by atoms with Gasteiger partial charge < -0.3 is 5.73 Å². The fourth-order valence-corrected chi connectivity index (χ4v) is 1.62. The largest absolute Gasteiger partial charge is 0.369 e. The van der Waals surface area contributed by atoms with Crippen molar-refractivity contribution in [2.75, 3.05) is 0 Å². The number of nitrogens with zero attached hydrogens (tertiary/aromatic N) is 2. The highest BCUT2D eigenvalue weighted by Crippen LogP contribution is 2.48. The highest BCUT2D eigenvalue weighted by molar-refractivity contribution is 6.30. The molecular weight excluding hydrogens is 202 g/mol. The summed E-state index contributed by atoms with van der Waals surface area (Å²) in [4.78, 5) is 19.1. The summed E-state index contributed by atoms with van der Waals surface area (Å²) in [6.07, 6.45) is 5.26. The van der Waals surface area contributed by atoms with Crippen molar-refractivity contribution < 1.29 is 4.79 Å². The van der Waals surface area contributed by atoms with Gasteiger partial charge in [-0.3, -0.25) is 9.78 Å². The monoisotopic (exact) mass is 211 g/mol. The van der Waals surface area contributed by atoms with E-state index in [4.69, 9.17) is 17.3 Å². The zero-order valence-corrected chi connectivity index (χ0v) is 8.29. The predicted octanol–water partition coefficient (Wildman–Crippen LogP) is 0.938. The van der Waals surface area contributed by atoms with Crippen molar-refractivity contribution in [3.8, 4) is 0 Å². The molecule has 1 heterocycles. The minimum absolute atomic E-state index is 0.265. The molecule has 74 valence electrons. The third-order valence-electron chi connectivity index (χ3n) is 2.61. The summed E-state index contributed by atoms with van der Waals surface area (Å²) in [6, 6.07) is 0. The molecule has 1 aromatic rings. The van der Waals surface area contributed by atoms with Crippen LogP contribution in [0.5, 0.6) is 0 Å². The van der Waals surface area contributed by atoms with Crippen molar-refractivity contribution in [2.45, 2.75) is 19.3 Å². The van der Waals surface area contributed by atoms with Crippen LogP contribution in [0.4, 0.5) is 0 Å². The first kappa shape index (κ1) is 9.40. The number of carbonyl (C=O) groups is 1. The second-order valence-corrected chi connectivity index (χ2v) is 3.97. The van der Waals surface area contributed by atoms with Crippen LogP contribution in [0.2, 0.25) is 5.15 Å². The van der Waals surface area contributed by atoms with Crippen molar-refractivity contribution in [3.05, 3.63) is 23.2 Å². The minimum Gasteiger partial charge on any atom is -0.369 e. The van der Waals surface area contributed by atoms with Crippen LogP contribution in [-0.2, 0) is 11.2 Å². The highest BCUT2D eigenvalue weighted by atomic mass is 35.5. The second kappa shape index (κ2) is 3.20. The van der Waals surface area contributed by atoms with Gasteiger partial charge in [-0.25, -0.2) is 4.98 Å². The quantitative estimate of drug-likeness (QED) is 0.809. The summed E-state index contributed by atoms with van der Waals surface area (Å²) in [5, 5.41) is 0.361. The van der Waals surface area contributed by atoms with Crippen LogP contribution in [0.15, 0.2) is 12.4 Å². The van der Waals surface area contributed by atoms with Gasteiger partial charge in [0.2, 0.25) is 5.91 Å². The third-order valence-corrected chi connectivity index (χ3v) is 2.92. The molecule has 0 aromatic carbocycles. The Hall–Kier alpha value is -1.16. The number of carbonyl (C=O) groups excluding carboxylic acids is 1. The van der Waals surface area contributed by atoms with E-state index in [0.29, 0.717) is 17.3 Å². The number of aromatic nitrogens is 2. The normalized spacial score (nSPS) is 17.8. The number of primary amides is 1. The van der Waals surface area contributed by atoms with Gasteiger partial charge in [-0.2, -0.15) is 0 Å². The Morgan fingerprint density at radius 1 is 1.50 bits per heavy atom. The van der Waals surface area contributed by atoms with Crippen LogP contribution in [0.3, 0.4) is 0 Å². The number of hydrogen-bond acceptors (Lipinski definition) is 3. The van der Waals surface area contributed by atoms with E-state index in [-0.39, 0.29) is 5.91 Å². The molecule has 0 spiro atoms. The SMILES string of the molecule is NC(=O)C1(Cc2nccnc2Cl)CC1. The molecule has 0 aliphatic heterocycles. The van der Waals surface area contributed by atoms with Gasteiger partial charge in [0, 0.05) is 18.8 Å². The van der Waals surface area contributed by atoms with E-state index >= 15 is 0 Å². The number of nitrogens with two attached hydrogens (primary N) is 1. The lowest BCUT2D eigenvalue weighted by Crippen LogP contribution is -2.27. The molecule has 5 heteroatoms. The van der Waals surface area contributed by atoms with Gasteiger partial charge in [-0.15, -0.1) is 0 Å². The zero-order chi connectivity index (χ0) is 10.2. The Labute approximate surface area is 86.5 Å². The van der Waals surface area contributed by atoms with Crippen molar-refractivity contribution in [1.82, 2.24) is 9.97 Å². The van der Waals surface area contributed by atoms with Crippen LogP contribution >= 0.6 is 11.6 Å². The molecule has 4 nitrogen and oxygen atoms in total. The first-order valence-corrected chi connectivity index (χ1v) is 4.77. The number of rotatable bonds is 3. The maximum atomic E-state index is 11.1. The molecule has 1 amide bonds. The molecular formula is C9H10ClN3O. The van der Waals surface area contributed by atoms with Crippen LogP contribution in [-0.4, -0.2) is 15.9 Å². The van der Waals surface area contributed by atoms with Gasteiger partial charge in [0.1, 0.15) is 0 Å². The lowest BCUT2D eigenvalue weighted by molar-refractivity contribution is -0.123. The molecule has 0 unspecified atom stereocenters. The van der Waals surface area contributed by atoms with E-state index in [1.807, 2.05) is 0 Å². The molecule has 0 saturated heterocycles. The fraction of sp³-hybridized carbons (Fsp3) is 0.444. The Morgan fingerprint density at radius 2 is 2.14 bits per heavy atom. The maximum Gasteiger partial charge on any atom is 0.224 e. The van der Waals surface area contributed by atoms with Crippen molar-refractivity contribution in [1.29, 1.82) is 0 Å². The van der Waals surface area contributed by atoms with E-state index in [1.54, 1.807) is 6.20 Å². The lowest BCUT2D eigenvalue weighted by atomic mass is 10.00. The van der Waals surface area contributed by atoms with Crippen molar-refractivity contribution in [2.24, 2.45) is 11.1 Å². The Bertz CT molecular complexity index is 376. The molecule has 2 rings (SSSR count). The average Bonchev–Trinajstić information content (AvgIpc) is 2.90. The summed E-state index contributed by atoms with van der Waals surface area (Å²) in [5.74, 6) is -0.265. The van der Waals surface area contributed by atoms with Crippen LogP contribution < -0.4 is 5.73 Å². The second-order valence-electron chi connectivity index (χ2n) is 3.62. The van der Waals surface area contributed by atoms with E-state index < -0.39 is 5.41 Å². The highest BCUT2D eigenvalue weighted by Gasteiger charge is 2.49. The Balaban J connectivity index is 2.19. The Kier molecular flexibility index (Phi) is 2.15. The summed E-state index contributed by atoms with van der Waals surface area (Å²) in [5.41, 5.74) is 5.56. The van der Waals surface area contributed by atoms with E-state index in [2.05, 4.69) is 9.97 Å². The van der Waals surface area contributed by atoms with Gasteiger partial charge in [0.15, 0.2) is 5.15 Å². The number of hydrogen-bond donors (Lipinski definition) is 1. The molecule has 1 aliphatic rings. The number of amides is 1. The molecule has 0 radical (unpaired) electrons. The molecule has 14 heavy (non-hydrogen) atoms. The van der Waals surface area contributed by atoms with Crippen LogP contribution in [0.1, 0.15) is 18.5 Å². The minimum atomic E-state index is -0.403. The molecule has 1 fully saturated rings. The van der Waals surface area contributed by atoms with Gasteiger partial charge in [0.25, 0.3) is 0 Å². The maximum absolute atomic E-state index is 11.1. The smallest absolute Gasteiger partial charge is 0.224 e. The molecule has 0 bridgehead atoms. The van der Waals surface area contributed by atoms with Gasteiger partial charge in [0.05, 0.1) is 11.1 Å². The van der Waals surface area contributed by atoms with Gasteiger partial charge in [-0.05, 0) is 12.8 Å². The first-order valence-electron chi connectivity index (χ1n) is 4.39. The molecule has 2 N–H and O–H groups in total. The fourth-order valence-electron chi connectivity index (χ4n) is 1.45. The third kappa shape index (κ3) is 1.57. The lowest BCUT2D eigenvalue weighted by Gasteiger charge is -2.09. The first-order chi connectivity index (χ1) is 6.64. The van der Waals surface area contributed by atoms with Crippen molar-refractivity contribution in [3.63, 3.8) is 0 Å².